The number of phenolic OH excluding ortho intramolecular Hbond substituents is 1. The van der Waals surface area contributed by atoms with E-state index in [1.807, 2.05) is 6.07 Å². The van der Waals surface area contributed by atoms with Crippen LogP contribution in [0, 0.1) is 12.7 Å². The van der Waals surface area contributed by atoms with Crippen molar-refractivity contribution in [2.24, 2.45) is 4.99 Å². The smallest absolute Gasteiger partial charge is 0.128 e. The molecule has 0 radical (unpaired) electrons. The second-order valence-electron chi connectivity index (χ2n) is 3.79. The molecule has 17 heavy (non-hydrogen) atoms. The van der Waals surface area contributed by atoms with Gasteiger partial charge in [-0.3, -0.25) is 4.99 Å². The van der Waals surface area contributed by atoms with E-state index in [9.17, 15) is 9.50 Å². The van der Waals surface area contributed by atoms with E-state index in [4.69, 9.17) is 0 Å². The molecule has 0 aliphatic rings. The van der Waals surface area contributed by atoms with E-state index < -0.39 is 0 Å². The Kier molecular flexibility index (Phi) is 3.19. The average molecular weight is 229 g/mol. The predicted octanol–water partition coefficient (Wildman–Crippen LogP) is 3.59. The Morgan fingerprint density at radius 2 is 2.00 bits per heavy atom. The zero-order valence-electron chi connectivity index (χ0n) is 9.39. The van der Waals surface area contributed by atoms with E-state index in [0.717, 1.165) is 5.56 Å². The lowest BCUT2D eigenvalue weighted by Gasteiger charge is -1.98. The van der Waals surface area contributed by atoms with Gasteiger partial charge in [0.2, 0.25) is 0 Å². The van der Waals surface area contributed by atoms with Gasteiger partial charge in [-0.15, -0.1) is 0 Å². The van der Waals surface area contributed by atoms with Gasteiger partial charge in [-0.1, -0.05) is 18.2 Å². The molecule has 0 unspecified atom stereocenters. The molecule has 0 bridgehead atoms. The summed E-state index contributed by atoms with van der Waals surface area (Å²) < 4.78 is 13.3. The van der Waals surface area contributed by atoms with Crippen LogP contribution in [0.25, 0.3) is 0 Å². The lowest BCUT2D eigenvalue weighted by molar-refractivity contribution is 0.475. The number of phenols is 1. The normalized spacial score (nSPS) is 10.9. The highest BCUT2D eigenvalue weighted by Gasteiger charge is 1.97. The van der Waals surface area contributed by atoms with Gasteiger partial charge in [-0.2, -0.15) is 0 Å². The third kappa shape index (κ3) is 2.91. The van der Waals surface area contributed by atoms with Crippen molar-refractivity contribution < 1.29 is 9.50 Å². The molecule has 0 amide bonds. The molecule has 2 aromatic carbocycles. The standard InChI is InChI=1S/C14H12FNO/c1-10-5-6-12(8-14(10)15)16-9-11-3-2-4-13(17)7-11/h2-9,17H,1H3. The highest BCUT2D eigenvalue weighted by molar-refractivity contribution is 5.82. The number of nitrogens with zero attached hydrogens (tertiary/aromatic N) is 1. The number of aryl methyl sites for hydroxylation is 1. The molecule has 0 aromatic heterocycles. The molecule has 2 rings (SSSR count). The summed E-state index contributed by atoms with van der Waals surface area (Å²) in [4.78, 5) is 4.14. The molecule has 1 N–H and O–H groups in total. The summed E-state index contributed by atoms with van der Waals surface area (Å²) in [6.45, 7) is 1.71. The van der Waals surface area contributed by atoms with Crippen LogP contribution in [0.15, 0.2) is 47.5 Å². The number of halogens is 1. The lowest BCUT2D eigenvalue weighted by Crippen LogP contribution is -1.82. The maximum Gasteiger partial charge on any atom is 0.128 e. The Morgan fingerprint density at radius 1 is 1.18 bits per heavy atom. The Labute approximate surface area is 99.1 Å². The van der Waals surface area contributed by atoms with Crippen LogP contribution in [-0.4, -0.2) is 11.3 Å². The van der Waals surface area contributed by atoms with Crippen LogP contribution in [0.3, 0.4) is 0 Å². The predicted molar refractivity (Wildman–Crippen MR) is 66.5 cm³/mol. The number of benzene rings is 2. The van der Waals surface area contributed by atoms with Gasteiger partial charge in [0.15, 0.2) is 0 Å². The number of aliphatic imine (C=N–C) groups is 1. The highest BCUT2D eigenvalue weighted by Crippen LogP contribution is 2.17. The molecule has 0 heterocycles. The van der Waals surface area contributed by atoms with Crippen LogP contribution >= 0.6 is 0 Å². The SMILES string of the molecule is Cc1ccc(N=Cc2cccc(O)c2)cc1F. The van der Waals surface area contributed by atoms with Gasteiger partial charge >= 0.3 is 0 Å². The van der Waals surface area contributed by atoms with Gasteiger partial charge in [0.05, 0.1) is 5.69 Å². The average Bonchev–Trinajstić information content (AvgIpc) is 2.31. The first-order valence-electron chi connectivity index (χ1n) is 5.24. The van der Waals surface area contributed by atoms with E-state index >= 15 is 0 Å². The van der Waals surface area contributed by atoms with Crippen molar-refractivity contribution in [3.8, 4) is 5.75 Å². The van der Waals surface area contributed by atoms with Crippen molar-refractivity contribution in [1.82, 2.24) is 0 Å². The van der Waals surface area contributed by atoms with Crippen molar-refractivity contribution in [1.29, 1.82) is 0 Å². The van der Waals surface area contributed by atoms with Crippen LogP contribution in [0.4, 0.5) is 10.1 Å². The van der Waals surface area contributed by atoms with Crippen LogP contribution in [0.1, 0.15) is 11.1 Å². The van der Waals surface area contributed by atoms with Gasteiger partial charge in [0, 0.05) is 6.21 Å². The van der Waals surface area contributed by atoms with E-state index in [0.29, 0.717) is 11.3 Å². The summed E-state index contributed by atoms with van der Waals surface area (Å²) in [5, 5.41) is 9.27. The molecule has 0 saturated carbocycles. The summed E-state index contributed by atoms with van der Waals surface area (Å²) in [7, 11) is 0. The van der Waals surface area contributed by atoms with Gasteiger partial charge in [0.1, 0.15) is 11.6 Å². The first kappa shape index (κ1) is 11.3. The fourth-order valence-electron chi connectivity index (χ4n) is 1.42. The largest absolute Gasteiger partial charge is 0.508 e. The molecule has 2 aromatic rings. The number of aromatic hydroxyl groups is 1. The quantitative estimate of drug-likeness (QED) is 0.784. The van der Waals surface area contributed by atoms with Crippen molar-refractivity contribution in [2.45, 2.75) is 6.92 Å². The second kappa shape index (κ2) is 4.78. The van der Waals surface area contributed by atoms with E-state index in [1.54, 1.807) is 43.5 Å². The Hall–Kier alpha value is -2.16. The first-order chi connectivity index (χ1) is 8.15. The first-order valence-corrected chi connectivity index (χ1v) is 5.24. The molecule has 0 fully saturated rings. The lowest BCUT2D eigenvalue weighted by atomic mass is 10.2. The molecular formula is C14H12FNO. The Morgan fingerprint density at radius 3 is 2.71 bits per heavy atom. The zero-order valence-corrected chi connectivity index (χ0v) is 9.39. The minimum Gasteiger partial charge on any atom is -0.508 e. The van der Waals surface area contributed by atoms with Gasteiger partial charge in [-0.05, 0) is 42.3 Å². The molecular weight excluding hydrogens is 217 g/mol. The number of hydrogen-bond acceptors (Lipinski definition) is 2. The monoisotopic (exact) mass is 229 g/mol. The maximum absolute atomic E-state index is 13.3. The van der Waals surface area contributed by atoms with Crippen LogP contribution in [0.5, 0.6) is 5.75 Å². The summed E-state index contributed by atoms with van der Waals surface area (Å²) in [5.41, 5.74) is 1.92. The molecule has 0 aliphatic heterocycles. The molecule has 3 heteroatoms. The fraction of sp³-hybridized carbons (Fsp3) is 0.0714. The minimum absolute atomic E-state index is 0.184. The fourth-order valence-corrected chi connectivity index (χ4v) is 1.42. The van der Waals surface area contributed by atoms with Gasteiger partial charge < -0.3 is 5.11 Å². The molecule has 2 nitrogen and oxygen atoms in total. The van der Waals surface area contributed by atoms with Crippen molar-refractivity contribution in [3.63, 3.8) is 0 Å². The van der Waals surface area contributed by atoms with Gasteiger partial charge in [0.25, 0.3) is 0 Å². The molecule has 86 valence electrons. The Balaban J connectivity index is 2.23. The maximum atomic E-state index is 13.3. The number of rotatable bonds is 2. The molecule has 0 spiro atoms. The summed E-state index contributed by atoms with van der Waals surface area (Å²) in [5.74, 6) is -0.0837. The van der Waals surface area contributed by atoms with Crippen molar-refractivity contribution >= 4 is 11.9 Å². The van der Waals surface area contributed by atoms with Crippen LogP contribution < -0.4 is 0 Å². The zero-order chi connectivity index (χ0) is 12.3. The van der Waals surface area contributed by atoms with E-state index in [1.165, 1.54) is 6.07 Å². The summed E-state index contributed by atoms with van der Waals surface area (Å²) >= 11 is 0. The van der Waals surface area contributed by atoms with Crippen molar-refractivity contribution in [2.75, 3.05) is 0 Å². The molecule has 0 aliphatic carbocycles. The number of hydrogen-bond donors (Lipinski definition) is 1. The van der Waals surface area contributed by atoms with Crippen LogP contribution in [0.2, 0.25) is 0 Å². The molecule has 0 atom stereocenters. The second-order valence-corrected chi connectivity index (χ2v) is 3.79. The van der Waals surface area contributed by atoms with Crippen LogP contribution in [-0.2, 0) is 0 Å². The minimum atomic E-state index is -0.268. The topological polar surface area (TPSA) is 32.6 Å². The highest BCUT2D eigenvalue weighted by atomic mass is 19.1. The Bertz CT molecular complexity index is 564. The van der Waals surface area contributed by atoms with Gasteiger partial charge in [-0.25, -0.2) is 4.39 Å². The third-order valence-corrected chi connectivity index (χ3v) is 2.39. The summed E-state index contributed by atoms with van der Waals surface area (Å²) in [6, 6.07) is 11.5. The van der Waals surface area contributed by atoms with E-state index in [2.05, 4.69) is 4.99 Å². The third-order valence-electron chi connectivity index (χ3n) is 2.39. The van der Waals surface area contributed by atoms with E-state index in [-0.39, 0.29) is 11.6 Å². The summed E-state index contributed by atoms with van der Waals surface area (Å²) in [6.07, 6.45) is 1.59. The van der Waals surface area contributed by atoms with Crippen molar-refractivity contribution in [3.05, 3.63) is 59.4 Å². The molecule has 0 saturated heterocycles.